The van der Waals surface area contributed by atoms with Gasteiger partial charge in [-0.05, 0) is 29.1 Å². The van der Waals surface area contributed by atoms with Crippen molar-refractivity contribution in [3.8, 4) is 9.88 Å². The number of amides is 2. The first-order valence-electron chi connectivity index (χ1n) is 7.89. The standard InChI is InChI=1S/C18H15N3O4S2/c22-15(19-9-16(23)24)8-11-3-5-12(6-4-11)20-17(25)13-10-27-18(21-13)14-2-1-7-26-14/h1-7,10H,8-9H2,(H,19,22)(H,20,25)(H,23,24). The molecular weight excluding hydrogens is 386 g/mol. The van der Waals surface area contributed by atoms with Crippen LogP contribution in [-0.2, 0) is 16.0 Å². The highest BCUT2D eigenvalue weighted by Gasteiger charge is 2.13. The summed E-state index contributed by atoms with van der Waals surface area (Å²) in [5, 5.41) is 18.1. The summed E-state index contributed by atoms with van der Waals surface area (Å²) in [5.74, 6) is -1.77. The van der Waals surface area contributed by atoms with Crippen LogP contribution < -0.4 is 10.6 Å². The number of rotatable bonds is 7. The van der Waals surface area contributed by atoms with E-state index in [1.165, 1.54) is 11.3 Å². The minimum atomic E-state index is -1.09. The zero-order chi connectivity index (χ0) is 19.2. The second-order valence-corrected chi connectivity index (χ2v) is 7.32. The Labute approximate surface area is 162 Å². The Bertz CT molecular complexity index is 949. The number of benzene rings is 1. The van der Waals surface area contributed by atoms with Crippen molar-refractivity contribution in [3.63, 3.8) is 0 Å². The lowest BCUT2D eigenvalue weighted by Crippen LogP contribution is -2.30. The number of carboxylic acids is 1. The van der Waals surface area contributed by atoms with Crippen LogP contribution in [0.3, 0.4) is 0 Å². The van der Waals surface area contributed by atoms with E-state index in [2.05, 4.69) is 15.6 Å². The Morgan fingerprint density at radius 2 is 1.85 bits per heavy atom. The first-order valence-corrected chi connectivity index (χ1v) is 9.65. The van der Waals surface area contributed by atoms with Crippen molar-refractivity contribution >= 4 is 46.1 Å². The predicted molar refractivity (Wildman–Crippen MR) is 104 cm³/mol. The predicted octanol–water partition coefficient (Wildman–Crippen LogP) is 2.87. The molecule has 0 saturated heterocycles. The van der Waals surface area contributed by atoms with E-state index in [1.807, 2.05) is 17.5 Å². The summed E-state index contributed by atoms with van der Waals surface area (Å²) in [6.07, 6.45) is 0.0672. The number of anilines is 1. The summed E-state index contributed by atoms with van der Waals surface area (Å²) in [7, 11) is 0. The molecule has 0 fully saturated rings. The molecule has 138 valence electrons. The van der Waals surface area contributed by atoms with E-state index in [-0.39, 0.29) is 18.2 Å². The Kier molecular flexibility index (Phi) is 5.94. The molecule has 0 aliphatic rings. The van der Waals surface area contributed by atoms with Crippen LogP contribution in [0.1, 0.15) is 16.1 Å². The lowest BCUT2D eigenvalue weighted by molar-refractivity contribution is -0.137. The molecule has 7 nitrogen and oxygen atoms in total. The molecule has 0 aliphatic heterocycles. The second kappa shape index (κ2) is 8.56. The molecule has 2 aromatic heterocycles. The van der Waals surface area contributed by atoms with Crippen molar-refractivity contribution in [1.82, 2.24) is 10.3 Å². The summed E-state index contributed by atoms with van der Waals surface area (Å²) in [5.41, 5.74) is 1.64. The van der Waals surface area contributed by atoms with E-state index in [4.69, 9.17) is 5.11 Å². The number of carbonyl (C=O) groups excluding carboxylic acids is 2. The van der Waals surface area contributed by atoms with Gasteiger partial charge in [0.2, 0.25) is 5.91 Å². The highest BCUT2D eigenvalue weighted by molar-refractivity contribution is 7.20. The van der Waals surface area contributed by atoms with Gasteiger partial charge in [0.15, 0.2) is 0 Å². The lowest BCUT2D eigenvalue weighted by Gasteiger charge is -2.06. The maximum atomic E-state index is 12.3. The zero-order valence-corrected chi connectivity index (χ0v) is 15.6. The summed E-state index contributed by atoms with van der Waals surface area (Å²) in [6, 6.07) is 10.7. The van der Waals surface area contributed by atoms with Crippen molar-refractivity contribution in [2.75, 3.05) is 11.9 Å². The normalized spacial score (nSPS) is 10.4. The van der Waals surface area contributed by atoms with Crippen molar-refractivity contribution in [1.29, 1.82) is 0 Å². The zero-order valence-electron chi connectivity index (χ0n) is 14.0. The number of thiophene rings is 1. The first-order chi connectivity index (χ1) is 13.0. The Morgan fingerprint density at radius 1 is 1.07 bits per heavy atom. The number of nitrogens with one attached hydrogen (secondary N) is 2. The number of carbonyl (C=O) groups is 3. The molecule has 3 aromatic rings. The summed E-state index contributed by atoms with van der Waals surface area (Å²) >= 11 is 2.98. The quantitative estimate of drug-likeness (QED) is 0.564. The number of carboxylic acid groups (broad SMARTS) is 1. The van der Waals surface area contributed by atoms with Crippen LogP contribution in [-0.4, -0.2) is 34.4 Å². The molecular formula is C18H15N3O4S2. The fourth-order valence-corrected chi connectivity index (χ4v) is 3.83. The highest BCUT2D eigenvalue weighted by Crippen LogP contribution is 2.28. The van der Waals surface area contributed by atoms with Gasteiger partial charge in [0, 0.05) is 11.1 Å². The van der Waals surface area contributed by atoms with Crippen LogP contribution in [0.5, 0.6) is 0 Å². The van der Waals surface area contributed by atoms with Gasteiger partial charge in [-0.15, -0.1) is 22.7 Å². The summed E-state index contributed by atoms with van der Waals surface area (Å²) in [6.45, 7) is -0.409. The number of hydrogen-bond donors (Lipinski definition) is 3. The van der Waals surface area contributed by atoms with Gasteiger partial charge in [-0.2, -0.15) is 0 Å². The molecule has 27 heavy (non-hydrogen) atoms. The topological polar surface area (TPSA) is 108 Å². The average molecular weight is 401 g/mol. The van der Waals surface area contributed by atoms with Gasteiger partial charge in [0.25, 0.3) is 5.91 Å². The molecule has 0 aliphatic carbocycles. The molecule has 3 N–H and O–H groups in total. The number of nitrogens with zero attached hydrogens (tertiary/aromatic N) is 1. The lowest BCUT2D eigenvalue weighted by atomic mass is 10.1. The van der Waals surface area contributed by atoms with Crippen LogP contribution in [0.4, 0.5) is 5.69 Å². The second-order valence-electron chi connectivity index (χ2n) is 5.51. The third kappa shape index (κ3) is 5.22. The molecule has 1 aromatic carbocycles. The smallest absolute Gasteiger partial charge is 0.322 e. The molecule has 0 bridgehead atoms. The fraction of sp³-hybridized carbons (Fsp3) is 0.111. The third-order valence-corrected chi connectivity index (χ3v) is 5.36. The van der Waals surface area contributed by atoms with Crippen LogP contribution >= 0.6 is 22.7 Å². The first kappa shape index (κ1) is 18.7. The van der Waals surface area contributed by atoms with Gasteiger partial charge >= 0.3 is 5.97 Å². The highest BCUT2D eigenvalue weighted by atomic mass is 32.1. The Hall–Kier alpha value is -3.04. The average Bonchev–Trinajstić information content (AvgIpc) is 3.33. The maximum absolute atomic E-state index is 12.3. The minimum absolute atomic E-state index is 0.0672. The third-order valence-electron chi connectivity index (χ3n) is 3.48. The molecule has 3 rings (SSSR count). The van der Waals surface area contributed by atoms with Gasteiger partial charge in [-0.3, -0.25) is 14.4 Å². The molecule has 2 amide bonds. The van der Waals surface area contributed by atoms with Gasteiger partial charge in [0.05, 0.1) is 11.3 Å². The summed E-state index contributed by atoms with van der Waals surface area (Å²) in [4.78, 5) is 39.7. The van der Waals surface area contributed by atoms with Crippen molar-refractivity contribution in [2.45, 2.75) is 6.42 Å². The Morgan fingerprint density at radius 3 is 2.52 bits per heavy atom. The monoisotopic (exact) mass is 401 g/mol. The van der Waals surface area contributed by atoms with Gasteiger partial charge in [-0.25, -0.2) is 4.98 Å². The molecule has 0 unspecified atom stereocenters. The van der Waals surface area contributed by atoms with E-state index in [0.29, 0.717) is 16.9 Å². The van der Waals surface area contributed by atoms with Crippen LogP contribution in [0.15, 0.2) is 47.2 Å². The van der Waals surface area contributed by atoms with E-state index in [1.54, 1.807) is 41.0 Å². The van der Waals surface area contributed by atoms with Gasteiger partial charge in [-0.1, -0.05) is 18.2 Å². The van der Waals surface area contributed by atoms with E-state index in [0.717, 1.165) is 9.88 Å². The van der Waals surface area contributed by atoms with Crippen LogP contribution in [0.25, 0.3) is 9.88 Å². The van der Waals surface area contributed by atoms with Crippen LogP contribution in [0, 0.1) is 0 Å². The largest absolute Gasteiger partial charge is 0.480 e. The van der Waals surface area contributed by atoms with E-state index >= 15 is 0 Å². The number of aliphatic carboxylic acids is 1. The number of aromatic nitrogens is 1. The van der Waals surface area contributed by atoms with Crippen molar-refractivity contribution < 1.29 is 19.5 Å². The van der Waals surface area contributed by atoms with Crippen LogP contribution in [0.2, 0.25) is 0 Å². The van der Waals surface area contributed by atoms with Gasteiger partial charge in [0.1, 0.15) is 17.2 Å². The number of hydrogen-bond acceptors (Lipinski definition) is 6. The molecule has 0 radical (unpaired) electrons. The summed E-state index contributed by atoms with van der Waals surface area (Å²) < 4.78 is 0. The van der Waals surface area contributed by atoms with E-state index < -0.39 is 12.5 Å². The molecule has 2 heterocycles. The minimum Gasteiger partial charge on any atom is -0.480 e. The van der Waals surface area contributed by atoms with Crippen molar-refractivity contribution in [2.24, 2.45) is 0 Å². The molecule has 0 spiro atoms. The fourth-order valence-electron chi connectivity index (χ4n) is 2.21. The SMILES string of the molecule is O=C(O)CNC(=O)Cc1ccc(NC(=O)c2csc(-c3cccs3)n2)cc1. The number of thiazole rings is 1. The van der Waals surface area contributed by atoms with Gasteiger partial charge < -0.3 is 15.7 Å². The maximum Gasteiger partial charge on any atom is 0.322 e. The van der Waals surface area contributed by atoms with Crippen molar-refractivity contribution in [3.05, 3.63) is 58.4 Å². The Balaban J connectivity index is 1.57. The molecule has 9 heteroatoms. The van der Waals surface area contributed by atoms with E-state index in [9.17, 15) is 14.4 Å². The molecule has 0 atom stereocenters. The molecule has 0 saturated carbocycles.